The van der Waals surface area contributed by atoms with E-state index in [1.807, 2.05) is 0 Å². The maximum Gasteiger partial charge on any atom is 0.270 e. The van der Waals surface area contributed by atoms with Gasteiger partial charge in [-0.05, 0) is 30.3 Å². The molecule has 12 heteroatoms. The van der Waals surface area contributed by atoms with Gasteiger partial charge in [0.25, 0.3) is 15.7 Å². The lowest BCUT2D eigenvalue weighted by atomic mass is 10.2. The van der Waals surface area contributed by atoms with Crippen molar-refractivity contribution in [2.75, 3.05) is 24.4 Å². The number of rotatable bonds is 9. The molecule has 0 spiro atoms. The molecule has 0 saturated heterocycles. The number of sulfonamides is 1. The predicted molar refractivity (Wildman–Crippen MR) is 126 cm³/mol. The van der Waals surface area contributed by atoms with E-state index in [2.05, 4.69) is 15.2 Å². The van der Waals surface area contributed by atoms with Gasteiger partial charge in [0.1, 0.15) is 16.4 Å². The van der Waals surface area contributed by atoms with Crippen LogP contribution in [0.2, 0.25) is 5.02 Å². The van der Waals surface area contributed by atoms with Gasteiger partial charge in [-0.1, -0.05) is 23.7 Å². The van der Waals surface area contributed by atoms with Gasteiger partial charge in [0.15, 0.2) is 0 Å². The minimum Gasteiger partial charge on any atom is -0.497 e. The Morgan fingerprint density at radius 3 is 2.45 bits per heavy atom. The molecule has 0 aliphatic rings. The van der Waals surface area contributed by atoms with Gasteiger partial charge in [0.2, 0.25) is 0 Å². The summed E-state index contributed by atoms with van der Waals surface area (Å²) in [4.78, 5) is 10.2. The number of nitrogens with one attached hydrogen (secondary N) is 2. The van der Waals surface area contributed by atoms with Gasteiger partial charge in [0, 0.05) is 23.8 Å². The van der Waals surface area contributed by atoms with Crippen molar-refractivity contribution in [2.24, 2.45) is 5.10 Å². The Balaban J connectivity index is 1.95. The fraction of sp³-hybridized carbons (Fsp3) is 0.0952. The lowest BCUT2D eigenvalue weighted by Gasteiger charge is -2.13. The molecule has 0 aliphatic heterocycles. The number of hydrogen-bond donors (Lipinski definition) is 2. The van der Waals surface area contributed by atoms with Crippen molar-refractivity contribution in [1.29, 1.82) is 0 Å². The van der Waals surface area contributed by atoms with Crippen LogP contribution in [0.1, 0.15) is 5.56 Å². The van der Waals surface area contributed by atoms with Crippen LogP contribution in [0.15, 0.2) is 70.7 Å². The molecule has 3 rings (SSSR count). The highest BCUT2D eigenvalue weighted by Crippen LogP contribution is 2.30. The summed E-state index contributed by atoms with van der Waals surface area (Å²) in [6.07, 6.45) is 1.41. The third kappa shape index (κ3) is 5.70. The number of benzene rings is 3. The Labute approximate surface area is 195 Å². The highest BCUT2D eigenvalue weighted by Gasteiger charge is 2.23. The summed E-state index contributed by atoms with van der Waals surface area (Å²) in [5.41, 5.74) is 2.95. The molecule has 0 amide bonds. The molecule has 0 atom stereocenters. The molecule has 0 aliphatic carbocycles. The van der Waals surface area contributed by atoms with Gasteiger partial charge in [-0.2, -0.15) is 5.10 Å². The fourth-order valence-corrected chi connectivity index (χ4v) is 4.28. The SMILES string of the molecule is COc1ccc(C=NNc2ccc([N+](=O)[O-])cc2S(=O)(=O)Nc2ccccc2Cl)c(OC)c1. The standard InChI is InChI=1S/C21H19ClN4O6S/c1-31-16-9-7-14(20(12-16)32-2)13-23-24-19-10-8-15(26(27)28)11-21(19)33(29,30)25-18-6-4-3-5-17(18)22/h3-13,24-25H,1-2H3. The number of hydrogen-bond acceptors (Lipinski definition) is 8. The second kappa shape index (κ2) is 10.2. The average Bonchev–Trinajstić information content (AvgIpc) is 2.80. The van der Waals surface area contributed by atoms with Crippen molar-refractivity contribution >= 4 is 44.9 Å². The molecule has 3 aromatic carbocycles. The third-order valence-electron chi connectivity index (χ3n) is 4.41. The Morgan fingerprint density at radius 2 is 1.79 bits per heavy atom. The molecule has 0 unspecified atom stereocenters. The highest BCUT2D eigenvalue weighted by molar-refractivity contribution is 7.93. The van der Waals surface area contributed by atoms with Crippen LogP contribution >= 0.6 is 11.6 Å². The van der Waals surface area contributed by atoms with Crippen LogP contribution in [0.4, 0.5) is 17.1 Å². The molecule has 172 valence electrons. The van der Waals surface area contributed by atoms with E-state index in [0.717, 1.165) is 6.07 Å². The smallest absolute Gasteiger partial charge is 0.270 e. The normalized spacial score (nSPS) is 11.2. The predicted octanol–water partition coefficient (Wildman–Crippen LogP) is 4.51. The molecule has 3 aromatic rings. The first-order chi connectivity index (χ1) is 15.7. The molecule has 0 bridgehead atoms. The maximum atomic E-state index is 13.0. The minimum absolute atomic E-state index is 0.0175. The topological polar surface area (TPSA) is 132 Å². The van der Waals surface area contributed by atoms with E-state index in [1.165, 1.54) is 44.7 Å². The molecule has 0 fully saturated rings. The largest absolute Gasteiger partial charge is 0.497 e. The monoisotopic (exact) mass is 490 g/mol. The quantitative estimate of drug-likeness (QED) is 0.256. The first kappa shape index (κ1) is 23.8. The van der Waals surface area contributed by atoms with E-state index in [4.69, 9.17) is 21.1 Å². The number of anilines is 2. The Kier molecular flexibility index (Phi) is 7.36. The van der Waals surface area contributed by atoms with E-state index in [-0.39, 0.29) is 21.3 Å². The van der Waals surface area contributed by atoms with Crippen molar-refractivity contribution in [3.05, 3.63) is 81.4 Å². The van der Waals surface area contributed by atoms with E-state index >= 15 is 0 Å². The molecule has 10 nitrogen and oxygen atoms in total. The molecular formula is C21H19ClN4O6S. The summed E-state index contributed by atoms with van der Waals surface area (Å²) in [5, 5.41) is 15.5. The number of methoxy groups -OCH3 is 2. The van der Waals surface area contributed by atoms with Crippen LogP contribution in [-0.2, 0) is 10.0 Å². The number of non-ortho nitro benzene ring substituents is 1. The van der Waals surface area contributed by atoms with Gasteiger partial charge >= 0.3 is 0 Å². The Bertz CT molecular complexity index is 1310. The maximum absolute atomic E-state index is 13.0. The second-order valence-electron chi connectivity index (χ2n) is 6.50. The van der Waals surface area contributed by atoms with Crippen molar-refractivity contribution in [1.82, 2.24) is 0 Å². The Hall–Kier alpha value is -3.83. The zero-order chi connectivity index (χ0) is 24.0. The van der Waals surface area contributed by atoms with Gasteiger partial charge < -0.3 is 9.47 Å². The number of nitrogens with zero attached hydrogens (tertiary/aromatic N) is 2. The van der Waals surface area contributed by atoms with Gasteiger partial charge in [-0.25, -0.2) is 8.42 Å². The van der Waals surface area contributed by atoms with Crippen molar-refractivity contribution < 1.29 is 22.8 Å². The van der Waals surface area contributed by atoms with Crippen LogP contribution in [0, 0.1) is 10.1 Å². The van der Waals surface area contributed by atoms with Gasteiger partial charge in [0.05, 0.1) is 41.8 Å². The molecule has 0 heterocycles. The van der Waals surface area contributed by atoms with Crippen LogP contribution in [-0.4, -0.2) is 33.8 Å². The van der Waals surface area contributed by atoms with E-state index in [0.29, 0.717) is 17.1 Å². The van der Waals surface area contributed by atoms with Gasteiger partial charge in [-0.3, -0.25) is 20.3 Å². The highest BCUT2D eigenvalue weighted by atomic mass is 35.5. The Morgan fingerprint density at radius 1 is 1.03 bits per heavy atom. The van der Waals surface area contributed by atoms with E-state index < -0.39 is 20.6 Å². The first-order valence-electron chi connectivity index (χ1n) is 9.32. The number of halogens is 1. The molecular weight excluding hydrogens is 472 g/mol. The summed E-state index contributed by atoms with van der Waals surface area (Å²) in [7, 11) is -1.24. The molecule has 0 aromatic heterocycles. The van der Waals surface area contributed by atoms with Crippen LogP contribution < -0.4 is 19.6 Å². The molecule has 0 saturated carbocycles. The number of hydrazone groups is 1. The summed E-state index contributed by atoms with van der Waals surface area (Å²) in [6, 6.07) is 14.7. The van der Waals surface area contributed by atoms with E-state index in [9.17, 15) is 18.5 Å². The van der Waals surface area contributed by atoms with Crippen LogP contribution in [0.5, 0.6) is 11.5 Å². The summed E-state index contributed by atoms with van der Waals surface area (Å²) in [6.45, 7) is 0. The lowest BCUT2D eigenvalue weighted by Crippen LogP contribution is -2.15. The number of nitro benzene ring substituents is 1. The fourth-order valence-electron chi connectivity index (χ4n) is 2.78. The van der Waals surface area contributed by atoms with Crippen molar-refractivity contribution in [2.45, 2.75) is 4.90 Å². The minimum atomic E-state index is -4.26. The molecule has 0 radical (unpaired) electrons. The first-order valence-corrected chi connectivity index (χ1v) is 11.2. The lowest BCUT2D eigenvalue weighted by molar-refractivity contribution is -0.385. The molecule has 2 N–H and O–H groups in total. The van der Waals surface area contributed by atoms with Crippen LogP contribution in [0.25, 0.3) is 0 Å². The summed E-state index contributed by atoms with van der Waals surface area (Å²) >= 11 is 6.05. The zero-order valence-electron chi connectivity index (χ0n) is 17.5. The average molecular weight is 491 g/mol. The number of para-hydroxylation sites is 1. The summed E-state index contributed by atoms with van der Waals surface area (Å²) in [5.74, 6) is 1.07. The number of ether oxygens (including phenoxy) is 2. The number of nitro groups is 1. The zero-order valence-corrected chi connectivity index (χ0v) is 19.1. The van der Waals surface area contributed by atoms with E-state index in [1.54, 1.807) is 30.3 Å². The third-order valence-corrected chi connectivity index (χ3v) is 6.15. The van der Waals surface area contributed by atoms with Crippen molar-refractivity contribution in [3.63, 3.8) is 0 Å². The van der Waals surface area contributed by atoms with Crippen LogP contribution in [0.3, 0.4) is 0 Å². The second-order valence-corrected chi connectivity index (χ2v) is 8.56. The van der Waals surface area contributed by atoms with Gasteiger partial charge in [-0.15, -0.1) is 0 Å². The van der Waals surface area contributed by atoms with Crippen molar-refractivity contribution in [3.8, 4) is 11.5 Å². The molecule has 33 heavy (non-hydrogen) atoms. The summed E-state index contributed by atoms with van der Waals surface area (Å²) < 4.78 is 38.9.